The fourth-order valence-electron chi connectivity index (χ4n) is 6.12. The molecule has 148 valence electrons. The Morgan fingerprint density at radius 2 is 1.93 bits per heavy atom. The zero-order valence-corrected chi connectivity index (χ0v) is 16.9. The van der Waals surface area contributed by atoms with Crippen molar-refractivity contribution in [2.45, 2.75) is 43.4 Å². The van der Waals surface area contributed by atoms with Crippen molar-refractivity contribution >= 4 is 29.5 Å². The van der Waals surface area contributed by atoms with E-state index in [4.69, 9.17) is 25.8 Å². The number of hydrogen-bond acceptors (Lipinski definition) is 5. The number of carbonyl (C=O) groups is 1. The number of alkyl halides is 1. The Morgan fingerprint density at radius 1 is 1.18 bits per heavy atom. The van der Waals surface area contributed by atoms with Crippen LogP contribution in [0.3, 0.4) is 0 Å². The lowest BCUT2D eigenvalue weighted by molar-refractivity contribution is -0.131. The van der Waals surface area contributed by atoms with Gasteiger partial charge in [0.15, 0.2) is 5.70 Å². The quantitative estimate of drug-likeness (QED) is 0.421. The minimum atomic E-state index is -0.396. The predicted molar refractivity (Wildman–Crippen MR) is 107 cm³/mol. The first-order valence-electron chi connectivity index (χ1n) is 9.86. The molecule has 0 aromatic heterocycles. The van der Waals surface area contributed by atoms with Crippen LogP contribution in [0.25, 0.3) is 6.08 Å². The zero-order chi connectivity index (χ0) is 19.5. The second-order valence-corrected chi connectivity index (χ2v) is 9.64. The molecule has 2 unspecified atom stereocenters. The van der Waals surface area contributed by atoms with Gasteiger partial charge >= 0.3 is 5.97 Å². The van der Waals surface area contributed by atoms with Crippen LogP contribution in [-0.2, 0) is 9.53 Å². The Labute approximate surface area is 169 Å². The number of esters is 1. The highest BCUT2D eigenvalue weighted by molar-refractivity contribution is 6.24. The third kappa shape index (κ3) is 2.83. The average Bonchev–Trinajstić information content (AvgIpc) is 3.01. The number of rotatable bonds is 4. The van der Waals surface area contributed by atoms with Crippen LogP contribution in [0.1, 0.15) is 44.1 Å². The van der Waals surface area contributed by atoms with E-state index in [1.54, 1.807) is 26.4 Å². The largest absolute Gasteiger partial charge is 0.497 e. The SMILES string of the molecule is COc1ccc(/C=C2\N=C(C34C[C@@H]5C[C@@H](CC(Cl)(C5)C3)C4)OC2=O)c(OC)c1. The third-order valence-electron chi connectivity index (χ3n) is 6.80. The van der Waals surface area contributed by atoms with E-state index in [0.29, 0.717) is 34.9 Å². The molecule has 0 radical (unpaired) electrons. The number of ether oxygens (including phenoxy) is 3. The van der Waals surface area contributed by atoms with Crippen LogP contribution in [0.2, 0.25) is 0 Å². The first-order chi connectivity index (χ1) is 13.4. The number of cyclic esters (lactones) is 1. The highest BCUT2D eigenvalue weighted by Gasteiger charge is 2.60. The van der Waals surface area contributed by atoms with E-state index in [1.165, 1.54) is 6.42 Å². The van der Waals surface area contributed by atoms with Crippen LogP contribution in [-0.4, -0.2) is 31.0 Å². The molecule has 28 heavy (non-hydrogen) atoms. The van der Waals surface area contributed by atoms with E-state index in [1.807, 2.05) is 12.1 Å². The molecule has 1 aliphatic heterocycles. The Morgan fingerprint density at radius 3 is 2.57 bits per heavy atom. The van der Waals surface area contributed by atoms with E-state index in [9.17, 15) is 4.79 Å². The Balaban J connectivity index is 1.49. The van der Waals surface area contributed by atoms with E-state index in [2.05, 4.69) is 4.99 Å². The van der Waals surface area contributed by atoms with Gasteiger partial charge in [-0.15, -0.1) is 11.6 Å². The summed E-state index contributed by atoms with van der Waals surface area (Å²) in [6.07, 6.45) is 8.07. The van der Waals surface area contributed by atoms with Crippen LogP contribution in [0.15, 0.2) is 28.9 Å². The molecule has 0 amide bonds. The standard InChI is InChI=1S/C22H24ClNO4/c1-26-16-4-3-15(18(7-16)27-2)6-17-19(25)28-20(24-17)21-8-13-5-14(9-21)11-22(23,10-13)12-21/h3-4,6-7,13-14H,5,8-12H2,1-2H3/b17-6-/t13-,14+,21?,22?. The van der Waals surface area contributed by atoms with E-state index < -0.39 is 5.97 Å². The van der Waals surface area contributed by atoms with E-state index >= 15 is 0 Å². The maximum atomic E-state index is 12.6. The molecule has 0 N–H and O–H groups in total. The fourth-order valence-corrected chi connectivity index (χ4v) is 6.81. The number of carbonyl (C=O) groups excluding carboxylic acids is 1. The molecule has 1 aromatic carbocycles. The van der Waals surface area contributed by atoms with E-state index in [-0.39, 0.29) is 10.3 Å². The van der Waals surface area contributed by atoms with Gasteiger partial charge in [0, 0.05) is 21.9 Å². The Bertz CT molecular complexity index is 892. The van der Waals surface area contributed by atoms with Crippen molar-refractivity contribution < 1.29 is 19.0 Å². The summed E-state index contributed by atoms with van der Waals surface area (Å²) in [6, 6.07) is 5.47. The number of hydrogen-bond donors (Lipinski definition) is 0. The van der Waals surface area contributed by atoms with Crippen molar-refractivity contribution in [2.24, 2.45) is 22.2 Å². The van der Waals surface area contributed by atoms with Gasteiger partial charge in [0.2, 0.25) is 5.90 Å². The maximum absolute atomic E-state index is 12.6. The summed E-state index contributed by atoms with van der Waals surface area (Å²) in [5, 5.41) is 0. The van der Waals surface area contributed by atoms with Gasteiger partial charge in [-0.1, -0.05) is 0 Å². The fraction of sp³-hybridized carbons (Fsp3) is 0.545. The van der Waals surface area contributed by atoms with Gasteiger partial charge in [-0.25, -0.2) is 9.79 Å². The van der Waals surface area contributed by atoms with Crippen LogP contribution in [0.5, 0.6) is 11.5 Å². The van der Waals surface area contributed by atoms with Crippen LogP contribution < -0.4 is 9.47 Å². The number of aliphatic imine (C=N–C) groups is 1. The molecule has 0 saturated heterocycles. The van der Waals surface area contributed by atoms with Gasteiger partial charge in [-0.05, 0) is 68.6 Å². The Hall–Kier alpha value is -2.01. The zero-order valence-electron chi connectivity index (χ0n) is 16.2. The first kappa shape index (κ1) is 18.0. The van der Waals surface area contributed by atoms with Gasteiger partial charge < -0.3 is 14.2 Å². The monoisotopic (exact) mass is 401 g/mol. The van der Waals surface area contributed by atoms with Crippen LogP contribution >= 0.6 is 11.6 Å². The van der Waals surface area contributed by atoms with Crippen molar-refractivity contribution in [2.75, 3.05) is 14.2 Å². The van der Waals surface area contributed by atoms with Gasteiger partial charge in [0.25, 0.3) is 0 Å². The summed E-state index contributed by atoms with van der Waals surface area (Å²) < 4.78 is 16.4. The molecule has 4 saturated carbocycles. The molecule has 6 rings (SSSR count). The Kier molecular flexibility index (Phi) is 4.02. The van der Waals surface area contributed by atoms with E-state index in [0.717, 1.165) is 37.7 Å². The molecule has 1 heterocycles. The molecule has 0 spiro atoms. The second kappa shape index (κ2) is 6.24. The van der Waals surface area contributed by atoms with Crippen molar-refractivity contribution in [3.05, 3.63) is 29.5 Å². The van der Waals surface area contributed by atoms with Crippen molar-refractivity contribution in [3.8, 4) is 11.5 Å². The number of nitrogens with zero attached hydrogens (tertiary/aromatic N) is 1. The molecule has 4 atom stereocenters. The predicted octanol–water partition coefficient (Wildman–Crippen LogP) is 4.58. The molecule has 1 aromatic rings. The summed E-state index contributed by atoms with van der Waals surface area (Å²) in [7, 11) is 3.20. The van der Waals surface area contributed by atoms with Gasteiger partial charge in [-0.3, -0.25) is 0 Å². The summed E-state index contributed by atoms with van der Waals surface area (Å²) in [4.78, 5) is 17.1. The molecule has 4 aliphatic carbocycles. The highest BCUT2D eigenvalue weighted by Crippen LogP contribution is 2.64. The van der Waals surface area contributed by atoms with Gasteiger partial charge in [0.05, 0.1) is 14.2 Å². The number of benzene rings is 1. The van der Waals surface area contributed by atoms with Crippen LogP contribution in [0.4, 0.5) is 0 Å². The van der Waals surface area contributed by atoms with Crippen molar-refractivity contribution in [1.82, 2.24) is 0 Å². The lowest BCUT2D eigenvalue weighted by atomic mass is 9.49. The molecule has 4 bridgehead atoms. The van der Waals surface area contributed by atoms with Gasteiger partial charge in [0.1, 0.15) is 11.5 Å². The molecular formula is C22H24ClNO4. The smallest absolute Gasteiger partial charge is 0.363 e. The summed E-state index contributed by atoms with van der Waals surface area (Å²) in [5.41, 5.74) is 0.901. The van der Waals surface area contributed by atoms with Gasteiger partial charge in [-0.2, -0.15) is 0 Å². The lowest BCUT2D eigenvalue weighted by Gasteiger charge is -2.59. The number of halogens is 1. The average molecular weight is 402 g/mol. The normalized spacial score (nSPS) is 37.2. The lowest BCUT2D eigenvalue weighted by Crippen LogP contribution is -2.56. The molecule has 5 nitrogen and oxygen atoms in total. The molecular weight excluding hydrogens is 378 g/mol. The summed E-state index contributed by atoms with van der Waals surface area (Å²) in [6.45, 7) is 0. The molecule has 4 fully saturated rings. The van der Waals surface area contributed by atoms with Crippen molar-refractivity contribution in [3.63, 3.8) is 0 Å². The van der Waals surface area contributed by atoms with Crippen LogP contribution in [0, 0.1) is 17.3 Å². The summed E-state index contributed by atoms with van der Waals surface area (Å²) in [5.74, 6) is 2.74. The minimum Gasteiger partial charge on any atom is -0.497 e. The number of methoxy groups -OCH3 is 2. The van der Waals surface area contributed by atoms with Crippen molar-refractivity contribution in [1.29, 1.82) is 0 Å². The molecule has 5 aliphatic rings. The third-order valence-corrected chi connectivity index (χ3v) is 7.24. The first-order valence-corrected chi connectivity index (χ1v) is 10.2. The maximum Gasteiger partial charge on any atom is 0.363 e. The summed E-state index contributed by atoms with van der Waals surface area (Å²) >= 11 is 6.93. The second-order valence-electron chi connectivity index (χ2n) is 8.84. The topological polar surface area (TPSA) is 57.1 Å². The highest BCUT2D eigenvalue weighted by atomic mass is 35.5. The minimum absolute atomic E-state index is 0.148. The molecule has 6 heteroatoms.